The molecular formula is C18H21ClN2O6S. The minimum Gasteiger partial charge on any atom is -0.496 e. The quantitative estimate of drug-likeness (QED) is 0.689. The van der Waals surface area contributed by atoms with Gasteiger partial charge in [0.05, 0.1) is 31.2 Å². The first-order valence-electron chi connectivity index (χ1n) is 8.23. The van der Waals surface area contributed by atoms with Crippen LogP contribution in [0.5, 0.6) is 17.4 Å². The monoisotopic (exact) mass is 428 g/mol. The molecule has 28 heavy (non-hydrogen) atoms. The molecule has 0 aliphatic heterocycles. The predicted molar refractivity (Wildman–Crippen MR) is 105 cm³/mol. The summed E-state index contributed by atoms with van der Waals surface area (Å²) < 4.78 is 40.7. The van der Waals surface area contributed by atoms with Gasteiger partial charge in [-0.2, -0.15) is 0 Å². The summed E-state index contributed by atoms with van der Waals surface area (Å²) in [7, 11) is -2.29. The minimum atomic E-state index is -3.68. The molecule has 0 aliphatic rings. The lowest BCUT2D eigenvalue weighted by Gasteiger charge is -2.13. The predicted octanol–water partition coefficient (Wildman–Crippen LogP) is 2.80. The highest BCUT2D eigenvalue weighted by molar-refractivity contribution is 7.89. The van der Waals surface area contributed by atoms with Crippen LogP contribution in [-0.4, -0.2) is 38.8 Å². The number of halogens is 1. The highest BCUT2D eigenvalue weighted by atomic mass is 35.5. The van der Waals surface area contributed by atoms with Gasteiger partial charge in [0.2, 0.25) is 15.9 Å². The van der Waals surface area contributed by atoms with Crippen LogP contribution < -0.4 is 18.9 Å². The van der Waals surface area contributed by atoms with Crippen molar-refractivity contribution in [3.63, 3.8) is 0 Å². The Kier molecular flexibility index (Phi) is 7.09. The van der Waals surface area contributed by atoms with Gasteiger partial charge in [-0.1, -0.05) is 17.7 Å². The Balaban J connectivity index is 2.11. The van der Waals surface area contributed by atoms with E-state index in [-0.39, 0.29) is 24.0 Å². The number of nitrogens with zero attached hydrogens (tertiary/aromatic N) is 1. The van der Waals surface area contributed by atoms with Crippen molar-refractivity contribution >= 4 is 27.5 Å². The molecule has 1 N–H and O–H groups in total. The maximum absolute atomic E-state index is 12.0. The van der Waals surface area contributed by atoms with Crippen molar-refractivity contribution < 1.29 is 27.4 Å². The summed E-state index contributed by atoms with van der Waals surface area (Å²) in [4.78, 5) is 16.2. The summed E-state index contributed by atoms with van der Waals surface area (Å²) >= 11 is 6.13. The van der Waals surface area contributed by atoms with E-state index in [1.165, 1.54) is 19.4 Å². The Bertz CT molecular complexity index is 963. The molecule has 0 aliphatic carbocycles. The van der Waals surface area contributed by atoms with Gasteiger partial charge in [0.1, 0.15) is 23.1 Å². The SMILES string of the molecule is COc1cc(COc2cnc(OC(C)C)c(Cl)c2)ccc1C(=O)NS(C)(=O)=O. The molecule has 8 nitrogen and oxygen atoms in total. The average molecular weight is 429 g/mol. The largest absolute Gasteiger partial charge is 0.496 e. The highest BCUT2D eigenvalue weighted by Gasteiger charge is 2.16. The summed E-state index contributed by atoms with van der Waals surface area (Å²) in [5.74, 6) is 0.216. The van der Waals surface area contributed by atoms with E-state index in [0.717, 1.165) is 6.26 Å². The van der Waals surface area contributed by atoms with Gasteiger partial charge in [0.25, 0.3) is 5.91 Å². The molecular weight excluding hydrogens is 408 g/mol. The van der Waals surface area contributed by atoms with Crippen molar-refractivity contribution in [3.05, 3.63) is 46.6 Å². The van der Waals surface area contributed by atoms with E-state index in [2.05, 4.69) is 4.98 Å². The van der Waals surface area contributed by atoms with Crippen molar-refractivity contribution in [2.75, 3.05) is 13.4 Å². The van der Waals surface area contributed by atoms with Gasteiger partial charge in [0, 0.05) is 6.07 Å². The van der Waals surface area contributed by atoms with E-state index in [0.29, 0.717) is 22.2 Å². The van der Waals surface area contributed by atoms with Crippen LogP contribution in [-0.2, 0) is 16.6 Å². The fourth-order valence-electron chi connectivity index (χ4n) is 2.20. The van der Waals surface area contributed by atoms with Crippen molar-refractivity contribution in [2.45, 2.75) is 26.6 Å². The zero-order chi connectivity index (χ0) is 20.9. The van der Waals surface area contributed by atoms with E-state index < -0.39 is 15.9 Å². The molecule has 1 aromatic carbocycles. The average Bonchev–Trinajstić information content (AvgIpc) is 2.60. The summed E-state index contributed by atoms with van der Waals surface area (Å²) in [6.45, 7) is 3.90. The third-order valence-electron chi connectivity index (χ3n) is 3.32. The molecule has 1 heterocycles. The zero-order valence-electron chi connectivity index (χ0n) is 15.9. The third-order valence-corrected chi connectivity index (χ3v) is 4.15. The Hall–Kier alpha value is -2.52. The Labute approximate surface area is 168 Å². The second-order valence-corrected chi connectivity index (χ2v) is 8.31. The number of aromatic nitrogens is 1. The maximum Gasteiger partial charge on any atom is 0.268 e. The summed E-state index contributed by atoms with van der Waals surface area (Å²) in [6.07, 6.45) is 2.34. The van der Waals surface area contributed by atoms with E-state index >= 15 is 0 Å². The van der Waals surface area contributed by atoms with Crippen LogP contribution in [0.3, 0.4) is 0 Å². The van der Waals surface area contributed by atoms with E-state index in [1.54, 1.807) is 18.2 Å². The Morgan fingerprint density at radius 1 is 1.29 bits per heavy atom. The van der Waals surface area contributed by atoms with Crippen molar-refractivity contribution in [1.82, 2.24) is 9.71 Å². The number of carbonyl (C=O) groups excluding carboxylic acids is 1. The van der Waals surface area contributed by atoms with Crippen LogP contribution in [0.25, 0.3) is 0 Å². The first kappa shape index (κ1) is 21.8. The molecule has 10 heteroatoms. The lowest BCUT2D eigenvalue weighted by atomic mass is 10.1. The van der Waals surface area contributed by atoms with Gasteiger partial charge in [-0.15, -0.1) is 0 Å². The normalized spacial score (nSPS) is 11.2. The van der Waals surface area contributed by atoms with Gasteiger partial charge < -0.3 is 14.2 Å². The van der Waals surface area contributed by atoms with Crippen LogP contribution in [0.15, 0.2) is 30.5 Å². The number of pyridine rings is 1. The van der Waals surface area contributed by atoms with Gasteiger partial charge in [-0.05, 0) is 31.5 Å². The fourth-order valence-corrected chi connectivity index (χ4v) is 2.85. The van der Waals surface area contributed by atoms with Gasteiger partial charge in [-0.25, -0.2) is 18.1 Å². The van der Waals surface area contributed by atoms with Crippen molar-refractivity contribution in [2.24, 2.45) is 0 Å². The number of hydrogen-bond donors (Lipinski definition) is 1. The highest BCUT2D eigenvalue weighted by Crippen LogP contribution is 2.27. The van der Waals surface area contributed by atoms with Gasteiger partial charge in [0.15, 0.2) is 0 Å². The number of hydrogen-bond acceptors (Lipinski definition) is 7. The molecule has 2 rings (SSSR count). The van der Waals surface area contributed by atoms with Crippen LogP contribution in [0.4, 0.5) is 0 Å². The number of sulfonamides is 1. The first-order valence-corrected chi connectivity index (χ1v) is 10.5. The molecule has 0 saturated heterocycles. The van der Waals surface area contributed by atoms with E-state index in [4.69, 9.17) is 25.8 Å². The number of methoxy groups -OCH3 is 1. The second kappa shape index (κ2) is 9.11. The lowest BCUT2D eigenvalue weighted by molar-refractivity contribution is 0.0978. The molecule has 2 aromatic rings. The number of carbonyl (C=O) groups is 1. The Morgan fingerprint density at radius 3 is 2.57 bits per heavy atom. The van der Waals surface area contributed by atoms with Crippen LogP contribution in [0.2, 0.25) is 5.02 Å². The molecule has 0 spiro atoms. The van der Waals surface area contributed by atoms with Crippen LogP contribution in [0, 0.1) is 0 Å². The summed E-state index contributed by atoms with van der Waals surface area (Å²) in [6, 6.07) is 6.27. The Morgan fingerprint density at radius 2 is 2.00 bits per heavy atom. The molecule has 0 saturated carbocycles. The van der Waals surface area contributed by atoms with E-state index in [1.807, 2.05) is 18.6 Å². The standard InChI is InChI=1S/C18H21ClN2O6S/c1-11(2)27-18-15(19)8-13(9-20-18)26-10-12-5-6-14(16(7-12)25-3)17(22)21-28(4,23)24/h5-9,11H,10H2,1-4H3,(H,21,22). The van der Waals surface area contributed by atoms with Crippen molar-refractivity contribution in [3.8, 4) is 17.4 Å². The van der Waals surface area contributed by atoms with Crippen LogP contribution >= 0.6 is 11.6 Å². The molecule has 152 valence electrons. The number of nitrogens with one attached hydrogen (secondary N) is 1. The molecule has 0 radical (unpaired) electrons. The molecule has 0 bridgehead atoms. The van der Waals surface area contributed by atoms with Gasteiger partial charge >= 0.3 is 0 Å². The minimum absolute atomic E-state index is 0.0531. The molecule has 0 unspecified atom stereocenters. The number of rotatable bonds is 8. The number of amides is 1. The fraction of sp³-hybridized carbons (Fsp3) is 0.333. The number of ether oxygens (including phenoxy) is 3. The maximum atomic E-state index is 12.0. The third kappa shape index (κ3) is 6.28. The zero-order valence-corrected chi connectivity index (χ0v) is 17.4. The molecule has 0 atom stereocenters. The molecule has 1 aromatic heterocycles. The summed E-state index contributed by atoms with van der Waals surface area (Å²) in [5, 5.41) is 0.330. The van der Waals surface area contributed by atoms with Crippen molar-refractivity contribution in [1.29, 1.82) is 0 Å². The first-order chi connectivity index (χ1) is 13.1. The lowest BCUT2D eigenvalue weighted by Crippen LogP contribution is -2.29. The summed E-state index contributed by atoms with van der Waals surface area (Å²) in [5.41, 5.74) is 0.794. The topological polar surface area (TPSA) is 104 Å². The smallest absolute Gasteiger partial charge is 0.268 e. The number of benzene rings is 1. The van der Waals surface area contributed by atoms with E-state index in [9.17, 15) is 13.2 Å². The molecule has 0 fully saturated rings. The second-order valence-electron chi connectivity index (χ2n) is 6.15. The van der Waals surface area contributed by atoms with Crippen LogP contribution in [0.1, 0.15) is 29.8 Å². The molecule has 1 amide bonds. The van der Waals surface area contributed by atoms with Gasteiger partial charge in [-0.3, -0.25) is 4.79 Å².